The van der Waals surface area contributed by atoms with E-state index in [1.807, 2.05) is 0 Å². The molecule has 94 valence electrons. The Morgan fingerprint density at radius 3 is 2.17 bits per heavy atom. The van der Waals surface area contributed by atoms with Gasteiger partial charge in [0.15, 0.2) is 0 Å². The largest absolute Gasteiger partial charge is 0.0772 e. The van der Waals surface area contributed by atoms with Crippen LogP contribution in [0.15, 0.2) is 58.2 Å². The molecular weight excluding hydrogens is 216 g/mol. The van der Waals surface area contributed by atoms with Gasteiger partial charge >= 0.3 is 0 Å². The van der Waals surface area contributed by atoms with Crippen LogP contribution in [0, 0.1) is 0 Å². The first-order valence-corrected chi connectivity index (χ1v) is 7.24. The molecule has 4 bridgehead atoms. The molecule has 4 aliphatic carbocycles. The normalized spacial score (nSPS) is 23.9. The van der Waals surface area contributed by atoms with E-state index in [0.717, 1.165) is 6.42 Å². The molecule has 0 N–H and O–H groups in total. The van der Waals surface area contributed by atoms with Gasteiger partial charge in [-0.25, -0.2) is 0 Å². The molecule has 0 aromatic carbocycles. The topological polar surface area (TPSA) is 0 Å². The molecule has 0 nitrogen and oxygen atoms in total. The number of hydrogen-bond donors (Lipinski definition) is 0. The van der Waals surface area contributed by atoms with Crippen LogP contribution in [0.5, 0.6) is 0 Å². The molecule has 18 heavy (non-hydrogen) atoms. The van der Waals surface area contributed by atoms with Crippen molar-refractivity contribution in [2.45, 2.75) is 51.9 Å². The Balaban J connectivity index is 1.91. The Morgan fingerprint density at radius 1 is 0.778 bits per heavy atom. The first-order valence-electron chi connectivity index (χ1n) is 7.24. The van der Waals surface area contributed by atoms with Crippen molar-refractivity contribution in [3.8, 4) is 0 Å². The minimum absolute atomic E-state index is 1.15. The second kappa shape index (κ2) is 5.14. The van der Waals surface area contributed by atoms with Crippen molar-refractivity contribution in [3.63, 3.8) is 0 Å². The molecule has 0 fully saturated rings. The van der Waals surface area contributed by atoms with Crippen molar-refractivity contribution in [3.05, 3.63) is 58.2 Å². The van der Waals surface area contributed by atoms with Gasteiger partial charge in [-0.2, -0.15) is 0 Å². The molecule has 0 saturated heterocycles. The van der Waals surface area contributed by atoms with Gasteiger partial charge in [-0.1, -0.05) is 52.7 Å². The van der Waals surface area contributed by atoms with Crippen LogP contribution in [0.2, 0.25) is 0 Å². The van der Waals surface area contributed by atoms with Crippen LogP contribution in [0.3, 0.4) is 0 Å². The maximum Gasteiger partial charge on any atom is -0.0130 e. The van der Waals surface area contributed by atoms with Crippen molar-refractivity contribution in [2.24, 2.45) is 0 Å². The standard InChI is InChI=1S/C18H22/c1-14-2-3-15-4-5-16-6-8-17(9-7-16)11-13-18(14)12-10-15/h3,6,8,10,12H,2,4-5,7,9,11,13H2,1H3. The maximum absolute atomic E-state index is 2.43. The van der Waals surface area contributed by atoms with E-state index in [1.54, 1.807) is 22.3 Å². The minimum atomic E-state index is 1.15. The summed E-state index contributed by atoms with van der Waals surface area (Å²) < 4.78 is 0. The van der Waals surface area contributed by atoms with Crippen molar-refractivity contribution < 1.29 is 0 Å². The highest BCUT2D eigenvalue weighted by Gasteiger charge is 2.11. The predicted molar refractivity (Wildman–Crippen MR) is 78.4 cm³/mol. The van der Waals surface area contributed by atoms with Crippen molar-refractivity contribution in [1.29, 1.82) is 0 Å². The molecule has 0 heterocycles. The Hall–Kier alpha value is -1.30. The van der Waals surface area contributed by atoms with Gasteiger partial charge in [-0.15, -0.1) is 0 Å². The summed E-state index contributed by atoms with van der Waals surface area (Å²) in [5.74, 6) is 0. The molecule has 0 amide bonds. The van der Waals surface area contributed by atoms with Crippen LogP contribution in [-0.4, -0.2) is 0 Å². The lowest BCUT2D eigenvalue weighted by molar-refractivity contribution is 0.774. The van der Waals surface area contributed by atoms with Crippen LogP contribution in [0.4, 0.5) is 0 Å². The fourth-order valence-corrected chi connectivity index (χ4v) is 3.06. The zero-order valence-corrected chi connectivity index (χ0v) is 11.3. The highest BCUT2D eigenvalue weighted by atomic mass is 14.2. The summed E-state index contributed by atoms with van der Waals surface area (Å²) in [7, 11) is 0. The van der Waals surface area contributed by atoms with Crippen LogP contribution < -0.4 is 0 Å². The van der Waals surface area contributed by atoms with Crippen molar-refractivity contribution >= 4 is 0 Å². The molecular formula is C18H22. The van der Waals surface area contributed by atoms with Gasteiger partial charge in [0.25, 0.3) is 0 Å². The van der Waals surface area contributed by atoms with Gasteiger partial charge < -0.3 is 0 Å². The molecule has 0 spiro atoms. The first kappa shape index (κ1) is 11.8. The molecule has 0 aliphatic heterocycles. The van der Waals surface area contributed by atoms with Crippen LogP contribution in [0.1, 0.15) is 51.9 Å². The van der Waals surface area contributed by atoms with Crippen molar-refractivity contribution in [2.75, 3.05) is 0 Å². The average Bonchev–Trinajstić information content (AvgIpc) is 2.55. The second-order valence-corrected chi connectivity index (χ2v) is 5.77. The third kappa shape index (κ3) is 2.58. The molecule has 4 rings (SSSR count). The lowest BCUT2D eigenvalue weighted by Gasteiger charge is -2.16. The Labute approximate surface area is 110 Å². The van der Waals surface area contributed by atoms with E-state index >= 15 is 0 Å². The molecule has 0 heteroatoms. The molecule has 0 atom stereocenters. The quantitative estimate of drug-likeness (QED) is 0.529. The number of rotatable bonds is 0. The van der Waals surface area contributed by atoms with E-state index < -0.39 is 0 Å². The van der Waals surface area contributed by atoms with Gasteiger partial charge in [0.1, 0.15) is 0 Å². The molecule has 4 aliphatic rings. The van der Waals surface area contributed by atoms with E-state index in [0.29, 0.717) is 0 Å². The third-order valence-corrected chi connectivity index (χ3v) is 4.49. The molecule has 0 aromatic heterocycles. The average molecular weight is 238 g/mol. The number of allylic oxidation sites excluding steroid dienone is 10. The van der Waals surface area contributed by atoms with Gasteiger partial charge in [0.2, 0.25) is 0 Å². The third-order valence-electron chi connectivity index (χ3n) is 4.49. The molecule has 0 unspecified atom stereocenters. The smallest absolute Gasteiger partial charge is 0.0130 e. The summed E-state index contributed by atoms with van der Waals surface area (Å²) in [6, 6.07) is 0. The zero-order chi connectivity index (χ0) is 12.4. The van der Waals surface area contributed by atoms with E-state index in [-0.39, 0.29) is 0 Å². The highest BCUT2D eigenvalue weighted by Crippen LogP contribution is 2.31. The Morgan fingerprint density at radius 2 is 1.44 bits per heavy atom. The number of hydrogen-bond acceptors (Lipinski definition) is 0. The lowest BCUT2D eigenvalue weighted by atomic mass is 9.90. The Bertz CT molecular complexity index is 492. The molecule has 0 radical (unpaired) electrons. The summed E-state index contributed by atoms with van der Waals surface area (Å²) >= 11 is 0. The summed E-state index contributed by atoms with van der Waals surface area (Å²) in [6.45, 7) is 2.30. The van der Waals surface area contributed by atoms with Gasteiger partial charge in [-0.3, -0.25) is 0 Å². The first-order chi connectivity index (χ1) is 8.81. The fourth-order valence-electron chi connectivity index (χ4n) is 3.06. The van der Waals surface area contributed by atoms with Crippen LogP contribution >= 0.6 is 0 Å². The monoisotopic (exact) mass is 238 g/mol. The van der Waals surface area contributed by atoms with Gasteiger partial charge in [-0.05, 0) is 57.4 Å². The summed E-state index contributed by atoms with van der Waals surface area (Å²) in [5, 5.41) is 0. The predicted octanol–water partition coefficient (Wildman–Crippen LogP) is 5.41. The highest BCUT2D eigenvalue weighted by molar-refractivity contribution is 5.38. The molecule has 0 saturated carbocycles. The van der Waals surface area contributed by atoms with Crippen LogP contribution in [0.25, 0.3) is 0 Å². The van der Waals surface area contributed by atoms with Gasteiger partial charge in [0, 0.05) is 0 Å². The second-order valence-electron chi connectivity index (χ2n) is 5.77. The Kier molecular flexibility index (Phi) is 3.36. The lowest BCUT2D eigenvalue weighted by Crippen LogP contribution is -1.96. The van der Waals surface area contributed by atoms with Crippen LogP contribution in [-0.2, 0) is 0 Å². The van der Waals surface area contributed by atoms with E-state index in [4.69, 9.17) is 0 Å². The molecule has 0 aromatic rings. The summed E-state index contributed by atoms with van der Waals surface area (Å²) in [5.41, 5.74) is 7.94. The SMILES string of the molecule is CC1=C2C=CC(=CC1)CCC1=CC=C(CC1)CC2. The summed E-state index contributed by atoms with van der Waals surface area (Å²) in [4.78, 5) is 0. The maximum atomic E-state index is 2.43. The fraction of sp³-hybridized carbons (Fsp3) is 0.444. The summed E-state index contributed by atoms with van der Waals surface area (Å²) in [6.07, 6.45) is 20.6. The zero-order valence-electron chi connectivity index (χ0n) is 11.3. The number of fused-ring (bicyclic) bond motifs is 4. The van der Waals surface area contributed by atoms with Gasteiger partial charge in [0.05, 0.1) is 0 Å². The van der Waals surface area contributed by atoms with Crippen molar-refractivity contribution in [1.82, 2.24) is 0 Å². The van der Waals surface area contributed by atoms with E-state index in [2.05, 4.69) is 37.3 Å². The minimum Gasteiger partial charge on any atom is -0.0772 e. The van der Waals surface area contributed by atoms with E-state index in [9.17, 15) is 0 Å². The van der Waals surface area contributed by atoms with E-state index in [1.165, 1.54) is 44.1 Å².